The molecule has 3 atom stereocenters. The lowest BCUT2D eigenvalue weighted by atomic mass is 9.81. The number of hydrogen-bond donors (Lipinski definition) is 0. The van der Waals surface area contributed by atoms with E-state index in [1.54, 1.807) is 0 Å². The maximum Gasteiger partial charge on any atom is 0.0543 e. The second-order valence-corrected chi connectivity index (χ2v) is 16.1. The first-order valence-corrected chi connectivity index (χ1v) is 19.5. The van der Waals surface area contributed by atoms with Crippen LogP contribution < -0.4 is 4.90 Å². The van der Waals surface area contributed by atoms with Crippen LogP contribution in [0.4, 0.5) is 17.1 Å². The summed E-state index contributed by atoms with van der Waals surface area (Å²) in [5.41, 5.74) is 17.8. The van der Waals surface area contributed by atoms with Crippen LogP contribution in [0.3, 0.4) is 0 Å². The van der Waals surface area contributed by atoms with Crippen LogP contribution in [0.5, 0.6) is 0 Å². The van der Waals surface area contributed by atoms with Gasteiger partial charge in [0.05, 0.1) is 11.4 Å². The molecule has 1 nitrogen and oxygen atoms in total. The predicted octanol–water partition coefficient (Wildman–Crippen LogP) is 14.4. The third kappa shape index (κ3) is 5.36. The zero-order valence-electron chi connectivity index (χ0n) is 30.7. The van der Waals surface area contributed by atoms with Gasteiger partial charge in [0.1, 0.15) is 0 Å². The molecule has 0 heterocycles. The number of benzene rings is 7. The fourth-order valence-corrected chi connectivity index (χ4v) is 10.2. The smallest absolute Gasteiger partial charge is 0.0543 e. The minimum absolute atomic E-state index is 0.132. The Morgan fingerprint density at radius 3 is 1.74 bits per heavy atom. The Kier molecular flexibility index (Phi) is 7.72. The van der Waals surface area contributed by atoms with Crippen molar-refractivity contribution in [3.63, 3.8) is 0 Å². The molecule has 3 aliphatic carbocycles. The highest BCUT2D eigenvalue weighted by molar-refractivity contribution is 5.99. The van der Waals surface area contributed by atoms with Crippen LogP contribution in [-0.4, -0.2) is 0 Å². The van der Waals surface area contributed by atoms with Crippen molar-refractivity contribution in [3.8, 4) is 44.5 Å². The molecule has 0 radical (unpaired) electrons. The van der Waals surface area contributed by atoms with Crippen LogP contribution >= 0.6 is 0 Å². The molecule has 1 heteroatoms. The molecule has 3 aliphatic rings. The maximum absolute atomic E-state index is 2.56. The zero-order valence-corrected chi connectivity index (χ0v) is 30.7. The van der Waals surface area contributed by atoms with Gasteiger partial charge in [-0.25, -0.2) is 0 Å². The Balaban J connectivity index is 1.22. The molecule has 53 heavy (non-hydrogen) atoms. The van der Waals surface area contributed by atoms with Gasteiger partial charge in [0.25, 0.3) is 0 Å². The highest BCUT2D eigenvalue weighted by Gasteiger charge is 2.40. The molecule has 0 N–H and O–H groups in total. The lowest BCUT2D eigenvalue weighted by molar-refractivity contribution is 0.420. The van der Waals surface area contributed by atoms with E-state index in [9.17, 15) is 0 Å². The van der Waals surface area contributed by atoms with E-state index in [0.717, 1.165) is 11.8 Å². The van der Waals surface area contributed by atoms with E-state index in [0.29, 0.717) is 5.92 Å². The zero-order chi connectivity index (χ0) is 35.5. The number of fused-ring (bicyclic) bond motifs is 5. The minimum Gasteiger partial charge on any atom is -0.309 e. The highest BCUT2D eigenvalue weighted by atomic mass is 15.1. The summed E-state index contributed by atoms with van der Waals surface area (Å²) < 4.78 is 0. The fraction of sp³-hybridized carbons (Fsp3) is 0.192. The summed E-state index contributed by atoms with van der Waals surface area (Å²) in [6, 6.07) is 63.4. The topological polar surface area (TPSA) is 3.24 Å². The van der Waals surface area contributed by atoms with Gasteiger partial charge in [-0.05, 0) is 117 Å². The van der Waals surface area contributed by atoms with Crippen molar-refractivity contribution >= 4 is 17.1 Å². The molecule has 3 unspecified atom stereocenters. The van der Waals surface area contributed by atoms with Crippen LogP contribution in [-0.2, 0) is 5.41 Å². The first-order valence-electron chi connectivity index (χ1n) is 19.5. The van der Waals surface area contributed by atoms with Crippen molar-refractivity contribution < 1.29 is 0 Å². The summed E-state index contributed by atoms with van der Waals surface area (Å²) in [7, 11) is 0. The third-order valence-corrected chi connectivity index (χ3v) is 12.8. The average Bonchev–Trinajstić information content (AvgIpc) is 3.92. The molecule has 0 saturated heterocycles. The Morgan fingerprint density at radius 1 is 0.453 bits per heavy atom. The maximum atomic E-state index is 2.56. The molecule has 2 bridgehead atoms. The van der Waals surface area contributed by atoms with Crippen molar-refractivity contribution in [2.45, 2.75) is 50.9 Å². The summed E-state index contributed by atoms with van der Waals surface area (Å²) >= 11 is 0. The van der Waals surface area contributed by atoms with Gasteiger partial charge < -0.3 is 4.90 Å². The van der Waals surface area contributed by atoms with Crippen LogP contribution in [0.1, 0.15) is 62.1 Å². The van der Waals surface area contributed by atoms with E-state index in [1.165, 1.54) is 104 Å². The normalized spacial score (nSPS) is 19.2. The van der Waals surface area contributed by atoms with E-state index in [4.69, 9.17) is 0 Å². The number of para-hydroxylation sites is 1. The van der Waals surface area contributed by atoms with Crippen molar-refractivity contribution in [2.24, 2.45) is 11.8 Å². The molecule has 0 amide bonds. The van der Waals surface area contributed by atoms with Crippen molar-refractivity contribution in [3.05, 3.63) is 187 Å². The average molecular weight is 684 g/mol. The lowest BCUT2D eigenvalue weighted by Gasteiger charge is -2.32. The summed E-state index contributed by atoms with van der Waals surface area (Å²) in [6.07, 6.45) is 5.59. The quantitative estimate of drug-likeness (QED) is 0.162. The monoisotopic (exact) mass is 683 g/mol. The van der Waals surface area contributed by atoms with Crippen LogP contribution in [0, 0.1) is 11.8 Å². The molecule has 2 fully saturated rings. The lowest BCUT2D eigenvalue weighted by Crippen LogP contribution is -2.17. The van der Waals surface area contributed by atoms with Crippen molar-refractivity contribution in [1.29, 1.82) is 0 Å². The third-order valence-electron chi connectivity index (χ3n) is 12.8. The van der Waals surface area contributed by atoms with Gasteiger partial charge in [-0.3, -0.25) is 0 Å². The molecule has 7 aromatic carbocycles. The van der Waals surface area contributed by atoms with Crippen molar-refractivity contribution in [2.75, 3.05) is 4.90 Å². The van der Waals surface area contributed by atoms with E-state index in [1.807, 2.05) is 0 Å². The van der Waals surface area contributed by atoms with E-state index >= 15 is 0 Å². The number of nitrogens with zero attached hydrogens (tertiary/aromatic N) is 1. The second-order valence-electron chi connectivity index (χ2n) is 16.1. The summed E-state index contributed by atoms with van der Waals surface area (Å²) in [5.74, 6) is 2.47. The summed E-state index contributed by atoms with van der Waals surface area (Å²) in [5, 5.41) is 0. The predicted molar refractivity (Wildman–Crippen MR) is 223 cm³/mol. The van der Waals surface area contributed by atoms with Gasteiger partial charge in [0.2, 0.25) is 0 Å². The molecule has 0 aromatic heterocycles. The van der Waals surface area contributed by atoms with Gasteiger partial charge in [0, 0.05) is 22.2 Å². The largest absolute Gasteiger partial charge is 0.309 e. The standard InChI is InChI=1S/C52H45N/c1-52(2)48-23-13-11-21-43(48)47-33-46(37-17-7-4-8-18-37)51(34-49(47)52)53(40-29-27-38(28-30-40)45-32-35-25-26-39(45)31-35)50-24-14-12-22-44(50)42-20-10-9-19-41(42)36-15-5-3-6-16-36/h3-24,27-30,33-35,39,45H,25-26,31-32H2,1-2H3. The van der Waals surface area contributed by atoms with Gasteiger partial charge in [0.15, 0.2) is 0 Å². The minimum atomic E-state index is -0.132. The Hall–Kier alpha value is -5.66. The van der Waals surface area contributed by atoms with Crippen LogP contribution in [0.2, 0.25) is 0 Å². The SMILES string of the molecule is CC1(C)c2ccccc2-c2cc(-c3ccccc3)c(N(c3ccc(C4CC5CCC4C5)cc3)c3ccccc3-c3ccccc3-c3ccccc3)cc21. The number of rotatable bonds is 7. The Labute approximate surface area is 314 Å². The van der Waals surface area contributed by atoms with E-state index in [2.05, 4.69) is 189 Å². The Morgan fingerprint density at radius 2 is 1.06 bits per heavy atom. The van der Waals surface area contributed by atoms with Crippen LogP contribution in [0.15, 0.2) is 170 Å². The number of hydrogen-bond acceptors (Lipinski definition) is 1. The van der Waals surface area contributed by atoms with Gasteiger partial charge in [-0.15, -0.1) is 0 Å². The second kappa shape index (κ2) is 12.8. The molecule has 258 valence electrons. The first-order chi connectivity index (χ1) is 26.0. The molecular formula is C52H45N. The van der Waals surface area contributed by atoms with Gasteiger partial charge >= 0.3 is 0 Å². The molecular weight excluding hydrogens is 639 g/mol. The summed E-state index contributed by atoms with van der Waals surface area (Å²) in [6.45, 7) is 4.78. The Bertz CT molecular complexity index is 2440. The molecule has 7 aromatic rings. The molecule has 0 spiro atoms. The van der Waals surface area contributed by atoms with E-state index < -0.39 is 0 Å². The highest BCUT2D eigenvalue weighted by Crippen LogP contribution is 2.56. The van der Waals surface area contributed by atoms with Crippen LogP contribution in [0.25, 0.3) is 44.5 Å². The molecule has 2 saturated carbocycles. The first kappa shape index (κ1) is 32.0. The van der Waals surface area contributed by atoms with E-state index in [-0.39, 0.29) is 5.41 Å². The van der Waals surface area contributed by atoms with Gasteiger partial charge in [-0.1, -0.05) is 160 Å². The summed E-state index contributed by atoms with van der Waals surface area (Å²) in [4.78, 5) is 2.56. The molecule has 10 rings (SSSR count). The number of anilines is 3. The molecule has 0 aliphatic heterocycles. The fourth-order valence-electron chi connectivity index (χ4n) is 10.2. The van der Waals surface area contributed by atoms with Crippen molar-refractivity contribution in [1.82, 2.24) is 0 Å². The van der Waals surface area contributed by atoms with Gasteiger partial charge in [-0.2, -0.15) is 0 Å².